The summed E-state index contributed by atoms with van der Waals surface area (Å²) in [5.41, 5.74) is 10.4. The summed E-state index contributed by atoms with van der Waals surface area (Å²) in [6.45, 7) is 0.362. The Bertz CT molecular complexity index is 1310. The second-order valence-electron chi connectivity index (χ2n) is 7.31. The number of aromatic amines is 1. The fraction of sp³-hybridized carbons (Fsp3) is 0.125. The molecule has 148 valence electrons. The summed E-state index contributed by atoms with van der Waals surface area (Å²) in [5, 5.41) is 3.39. The second kappa shape index (κ2) is 7.93. The predicted molar refractivity (Wildman–Crippen MR) is 118 cm³/mol. The Morgan fingerprint density at radius 3 is 2.87 bits per heavy atom. The molecule has 3 aromatic heterocycles. The molecular weight excluding hydrogens is 374 g/mol. The number of hydrogen-bond donors (Lipinski definition) is 2. The maximum absolute atomic E-state index is 6.32. The van der Waals surface area contributed by atoms with Gasteiger partial charge in [-0.25, -0.2) is 4.98 Å². The number of para-hydroxylation sites is 1. The van der Waals surface area contributed by atoms with Gasteiger partial charge in [-0.3, -0.25) is 9.97 Å². The van der Waals surface area contributed by atoms with E-state index in [1.165, 1.54) is 10.9 Å². The van der Waals surface area contributed by atoms with Gasteiger partial charge < -0.3 is 15.5 Å². The lowest BCUT2D eigenvalue weighted by Crippen LogP contribution is -2.30. The Hall–Kier alpha value is -3.77. The zero-order valence-corrected chi connectivity index (χ0v) is 16.3. The Morgan fingerprint density at radius 2 is 1.90 bits per heavy atom. The van der Waals surface area contributed by atoms with E-state index in [4.69, 9.17) is 10.5 Å². The maximum atomic E-state index is 6.32. The van der Waals surface area contributed by atoms with Crippen molar-refractivity contribution in [2.24, 2.45) is 5.73 Å². The molecule has 1 atom stereocenters. The largest absolute Gasteiger partial charge is 0.475 e. The van der Waals surface area contributed by atoms with Crippen LogP contribution in [0.5, 0.6) is 5.88 Å². The van der Waals surface area contributed by atoms with Crippen LogP contribution in [0.4, 0.5) is 0 Å². The molecule has 0 aliphatic carbocycles. The molecule has 1 unspecified atom stereocenters. The van der Waals surface area contributed by atoms with Gasteiger partial charge >= 0.3 is 0 Å². The number of nitrogens with zero attached hydrogens (tertiary/aromatic N) is 3. The Labute approximate surface area is 173 Å². The van der Waals surface area contributed by atoms with Crippen molar-refractivity contribution < 1.29 is 4.74 Å². The van der Waals surface area contributed by atoms with Crippen LogP contribution in [0.25, 0.3) is 32.9 Å². The number of nitrogens with two attached hydrogens (primary N) is 1. The van der Waals surface area contributed by atoms with Crippen LogP contribution in [-0.4, -0.2) is 32.6 Å². The molecule has 3 heterocycles. The molecular formula is C24H21N5O. The highest BCUT2D eigenvalue weighted by molar-refractivity contribution is 5.86. The van der Waals surface area contributed by atoms with Gasteiger partial charge in [-0.15, -0.1) is 0 Å². The van der Waals surface area contributed by atoms with Gasteiger partial charge in [0, 0.05) is 46.5 Å². The first-order chi connectivity index (χ1) is 14.8. The fourth-order valence-corrected chi connectivity index (χ4v) is 3.63. The van der Waals surface area contributed by atoms with Crippen LogP contribution < -0.4 is 10.5 Å². The molecule has 0 radical (unpaired) electrons. The SMILES string of the molecule is NC(COc1cncc(-c2ccc3cnccc3c2)n1)Cc1c[nH]c2ccccc12. The molecule has 0 aliphatic rings. The molecule has 2 aromatic carbocycles. The highest BCUT2D eigenvalue weighted by Crippen LogP contribution is 2.23. The highest BCUT2D eigenvalue weighted by atomic mass is 16.5. The third kappa shape index (κ3) is 3.73. The van der Waals surface area contributed by atoms with E-state index in [-0.39, 0.29) is 6.04 Å². The minimum Gasteiger partial charge on any atom is -0.475 e. The van der Waals surface area contributed by atoms with Crippen molar-refractivity contribution >= 4 is 21.7 Å². The number of H-pyrrole nitrogens is 1. The van der Waals surface area contributed by atoms with E-state index in [9.17, 15) is 0 Å². The number of fused-ring (bicyclic) bond motifs is 2. The third-order valence-electron chi connectivity index (χ3n) is 5.15. The molecule has 3 N–H and O–H groups in total. The average molecular weight is 395 g/mol. The van der Waals surface area contributed by atoms with Crippen molar-refractivity contribution in [2.75, 3.05) is 6.61 Å². The van der Waals surface area contributed by atoms with E-state index in [2.05, 4.69) is 38.1 Å². The van der Waals surface area contributed by atoms with Crippen LogP contribution in [0.3, 0.4) is 0 Å². The van der Waals surface area contributed by atoms with Gasteiger partial charge in [0.15, 0.2) is 0 Å². The van der Waals surface area contributed by atoms with Crippen molar-refractivity contribution in [2.45, 2.75) is 12.5 Å². The number of hydrogen-bond acceptors (Lipinski definition) is 5. The molecule has 6 heteroatoms. The summed E-state index contributed by atoms with van der Waals surface area (Å²) < 4.78 is 5.86. The highest BCUT2D eigenvalue weighted by Gasteiger charge is 2.11. The maximum Gasteiger partial charge on any atom is 0.232 e. The van der Waals surface area contributed by atoms with Crippen LogP contribution in [0.2, 0.25) is 0 Å². The molecule has 0 amide bonds. The molecule has 0 bridgehead atoms. The van der Waals surface area contributed by atoms with Crippen molar-refractivity contribution in [3.8, 4) is 17.1 Å². The molecule has 0 fully saturated rings. The van der Waals surface area contributed by atoms with Gasteiger partial charge in [0.25, 0.3) is 0 Å². The molecule has 0 saturated carbocycles. The van der Waals surface area contributed by atoms with Gasteiger partial charge in [-0.2, -0.15) is 0 Å². The van der Waals surface area contributed by atoms with E-state index < -0.39 is 0 Å². The van der Waals surface area contributed by atoms with Gasteiger partial charge in [-0.1, -0.05) is 30.3 Å². The minimum atomic E-state index is -0.150. The standard InChI is InChI=1S/C24H21N5O/c25-20(10-19-12-28-22-4-2-1-3-21(19)22)15-30-24-14-27-13-23(29-24)17-5-6-18-11-26-8-7-16(18)9-17/h1-9,11-14,20,28H,10,15,25H2. The minimum absolute atomic E-state index is 0.150. The van der Waals surface area contributed by atoms with E-state index in [1.807, 2.05) is 42.7 Å². The van der Waals surface area contributed by atoms with Crippen LogP contribution >= 0.6 is 0 Å². The summed E-state index contributed by atoms with van der Waals surface area (Å²) in [5.74, 6) is 0.469. The first kappa shape index (κ1) is 18.3. The molecule has 0 saturated heterocycles. The number of benzene rings is 2. The average Bonchev–Trinajstić information content (AvgIpc) is 3.20. The van der Waals surface area contributed by atoms with Crippen molar-refractivity contribution in [3.05, 3.63) is 85.1 Å². The van der Waals surface area contributed by atoms with Crippen molar-refractivity contribution in [3.63, 3.8) is 0 Å². The summed E-state index contributed by atoms with van der Waals surface area (Å²) in [7, 11) is 0. The van der Waals surface area contributed by atoms with Gasteiger partial charge in [0.1, 0.15) is 6.61 Å². The molecule has 30 heavy (non-hydrogen) atoms. The Balaban J connectivity index is 1.28. The molecule has 5 rings (SSSR count). The molecule has 0 spiro atoms. The quantitative estimate of drug-likeness (QED) is 0.451. The zero-order chi connectivity index (χ0) is 20.3. The van der Waals surface area contributed by atoms with Crippen molar-refractivity contribution in [1.82, 2.24) is 19.9 Å². The summed E-state index contributed by atoms with van der Waals surface area (Å²) in [4.78, 5) is 16.3. The van der Waals surface area contributed by atoms with E-state index in [1.54, 1.807) is 18.6 Å². The summed E-state index contributed by atoms with van der Waals surface area (Å²) in [6.07, 6.45) is 9.72. The monoisotopic (exact) mass is 395 g/mol. The number of pyridine rings is 1. The fourth-order valence-electron chi connectivity index (χ4n) is 3.63. The number of rotatable bonds is 6. The van der Waals surface area contributed by atoms with Crippen molar-refractivity contribution in [1.29, 1.82) is 0 Å². The lowest BCUT2D eigenvalue weighted by atomic mass is 10.1. The first-order valence-electron chi connectivity index (χ1n) is 9.86. The predicted octanol–water partition coefficient (Wildman–Crippen LogP) is 4.12. The number of ether oxygens (including phenoxy) is 1. The molecule has 6 nitrogen and oxygen atoms in total. The molecule has 5 aromatic rings. The topological polar surface area (TPSA) is 89.7 Å². The normalized spacial score (nSPS) is 12.3. The third-order valence-corrected chi connectivity index (χ3v) is 5.15. The molecule has 0 aliphatic heterocycles. The summed E-state index contributed by atoms with van der Waals surface area (Å²) >= 11 is 0. The summed E-state index contributed by atoms with van der Waals surface area (Å²) in [6, 6.07) is 16.2. The van der Waals surface area contributed by atoms with Crippen LogP contribution in [0, 0.1) is 0 Å². The zero-order valence-electron chi connectivity index (χ0n) is 16.3. The lowest BCUT2D eigenvalue weighted by Gasteiger charge is -2.13. The van der Waals surface area contributed by atoms with E-state index in [0.717, 1.165) is 34.0 Å². The lowest BCUT2D eigenvalue weighted by molar-refractivity contribution is 0.276. The Morgan fingerprint density at radius 1 is 0.967 bits per heavy atom. The van der Waals surface area contributed by atoms with Crippen LogP contribution in [0.1, 0.15) is 5.56 Å². The van der Waals surface area contributed by atoms with Gasteiger partial charge in [0.05, 0.1) is 18.1 Å². The van der Waals surface area contributed by atoms with Gasteiger partial charge in [0.2, 0.25) is 5.88 Å². The number of nitrogens with one attached hydrogen (secondary N) is 1. The van der Waals surface area contributed by atoms with Gasteiger partial charge in [-0.05, 0) is 35.6 Å². The number of aromatic nitrogens is 4. The first-order valence-corrected chi connectivity index (χ1v) is 9.86. The van der Waals surface area contributed by atoms with Crippen LogP contribution in [0.15, 0.2) is 79.5 Å². The van der Waals surface area contributed by atoms with E-state index >= 15 is 0 Å². The van der Waals surface area contributed by atoms with E-state index in [0.29, 0.717) is 12.5 Å². The Kier molecular flexibility index (Phi) is 4.83. The smallest absolute Gasteiger partial charge is 0.232 e. The van der Waals surface area contributed by atoms with Crippen LogP contribution in [-0.2, 0) is 6.42 Å². The second-order valence-corrected chi connectivity index (χ2v) is 7.31.